The zero-order valence-electron chi connectivity index (χ0n) is 11.0. The first-order valence-corrected chi connectivity index (χ1v) is 7.06. The molecular formula is C15H15NO2S. The molecule has 4 heteroatoms. The lowest BCUT2D eigenvalue weighted by atomic mass is 10.2. The van der Waals surface area contributed by atoms with E-state index in [1.165, 1.54) is 4.88 Å². The highest BCUT2D eigenvalue weighted by Crippen LogP contribution is 2.32. The fourth-order valence-corrected chi connectivity index (χ4v) is 3.42. The van der Waals surface area contributed by atoms with E-state index >= 15 is 0 Å². The lowest BCUT2D eigenvalue weighted by Gasteiger charge is -2.16. The zero-order chi connectivity index (χ0) is 13.4. The second kappa shape index (κ2) is 4.70. The molecule has 19 heavy (non-hydrogen) atoms. The quantitative estimate of drug-likeness (QED) is 0.859. The van der Waals surface area contributed by atoms with E-state index in [0.29, 0.717) is 6.54 Å². The molecule has 0 aliphatic carbocycles. The predicted molar refractivity (Wildman–Crippen MR) is 75.6 cm³/mol. The summed E-state index contributed by atoms with van der Waals surface area (Å²) >= 11 is 1.68. The smallest absolute Gasteiger partial charge is 0.255 e. The fourth-order valence-electron chi connectivity index (χ4n) is 2.38. The van der Waals surface area contributed by atoms with Crippen molar-refractivity contribution in [2.24, 2.45) is 0 Å². The van der Waals surface area contributed by atoms with Gasteiger partial charge in [0.05, 0.1) is 19.2 Å². The summed E-state index contributed by atoms with van der Waals surface area (Å²) in [6.07, 6.45) is 0. The number of methoxy groups -OCH3 is 1. The fraction of sp³-hybridized carbons (Fsp3) is 0.267. The van der Waals surface area contributed by atoms with E-state index in [1.807, 2.05) is 36.1 Å². The Morgan fingerprint density at radius 1 is 1.32 bits per heavy atom. The molecule has 0 bridgehead atoms. The number of carbonyl (C=O) groups is 1. The lowest BCUT2D eigenvalue weighted by Crippen LogP contribution is -2.23. The molecule has 3 rings (SSSR count). The summed E-state index contributed by atoms with van der Waals surface area (Å²) < 4.78 is 5.14. The van der Waals surface area contributed by atoms with E-state index in [2.05, 4.69) is 5.38 Å². The minimum atomic E-state index is 0.157. The van der Waals surface area contributed by atoms with Crippen LogP contribution in [0.5, 0.6) is 5.75 Å². The minimum absolute atomic E-state index is 0.157. The Morgan fingerprint density at radius 3 is 2.68 bits per heavy atom. The average Bonchev–Trinajstić information content (AvgIpc) is 2.93. The number of nitrogens with zero attached hydrogens (tertiary/aromatic N) is 1. The van der Waals surface area contributed by atoms with Gasteiger partial charge in [-0.25, -0.2) is 0 Å². The second-order valence-electron chi connectivity index (χ2n) is 4.73. The summed E-state index contributed by atoms with van der Waals surface area (Å²) in [5, 5.41) is 2.06. The number of carbonyl (C=O) groups excluding carboxylic acids is 1. The number of thiophene rings is 1. The van der Waals surface area contributed by atoms with Crippen molar-refractivity contribution >= 4 is 17.2 Å². The number of rotatable bonds is 3. The van der Waals surface area contributed by atoms with Crippen LogP contribution < -0.4 is 4.74 Å². The van der Waals surface area contributed by atoms with Gasteiger partial charge < -0.3 is 9.64 Å². The molecule has 1 aromatic carbocycles. The van der Waals surface area contributed by atoms with Gasteiger partial charge in [-0.3, -0.25) is 4.79 Å². The minimum Gasteiger partial charge on any atom is -0.497 e. The van der Waals surface area contributed by atoms with Crippen molar-refractivity contribution in [3.63, 3.8) is 0 Å². The van der Waals surface area contributed by atoms with E-state index in [9.17, 15) is 4.79 Å². The second-order valence-corrected chi connectivity index (χ2v) is 5.69. The van der Waals surface area contributed by atoms with Gasteiger partial charge in [0.15, 0.2) is 0 Å². The number of aryl methyl sites for hydroxylation is 1. The molecule has 98 valence electrons. The molecule has 0 atom stereocenters. The van der Waals surface area contributed by atoms with Crippen molar-refractivity contribution in [1.82, 2.24) is 4.90 Å². The molecular weight excluding hydrogens is 258 g/mol. The SMILES string of the molecule is COc1ccc(CN2Cc3scc(C)c3C2=O)cc1. The third-order valence-electron chi connectivity index (χ3n) is 3.42. The summed E-state index contributed by atoms with van der Waals surface area (Å²) in [5.41, 5.74) is 3.14. The summed E-state index contributed by atoms with van der Waals surface area (Å²) in [4.78, 5) is 15.4. The van der Waals surface area contributed by atoms with E-state index < -0.39 is 0 Å². The van der Waals surface area contributed by atoms with Crippen molar-refractivity contribution in [3.05, 3.63) is 51.2 Å². The first-order valence-electron chi connectivity index (χ1n) is 6.18. The van der Waals surface area contributed by atoms with Gasteiger partial charge in [0.25, 0.3) is 5.91 Å². The summed E-state index contributed by atoms with van der Waals surface area (Å²) in [6.45, 7) is 3.40. The molecule has 3 nitrogen and oxygen atoms in total. The zero-order valence-corrected chi connectivity index (χ0v) is 11.8. The van der Waals surface area contributed by atoms with Crippen LogP contribution >= 0.6 is 11.3 Å². The molecule has 0 spiro atoms. The molecule has 0 radical (unpaired) electrons. The molecule has 1 aromatic heterocycles. The number of hydrogen-bond acceptors (Lipinski definition) is 3. The van der Waals surface area contributed by atoms with Crippen LogP contribution in [0.1, 0.15) is 26.4 Å². The van der Waals surface area contributed by atoms with Gasteiger partial charge in [0.1, 0.15) is 5.75 Å². The maximum atomic E-state index is 12.3. The van der Waals surface area contributed by atoms with Crippen molar-refractivity contribution < 1.29 is 9.53 Å². The monoisotopic (exact) mass is 273 g/mol. The van der Waals surface area contributed by atoms with Crippen molar-refractivity contribution in [2.45, 2.75) is 20.0 Å². The first kappa shape index (κ1) is 12.2. The Labute approximate surface area is 116 Å². The van der Waals surface area contributed by atoms with Gasteiger partial charge >= 0.3 is 0 Å². The third kappa shape index (κ3) is 2.12. The molecule has 1 aliphatic rings. The van der Waals surface area contributed by atoms with Crippen molar-refractivity contribution in [2.75, 3.05) is 7.11 Å². The predicted octanol–water partition coefficient (Wildman–Crippen LogP) is 3.22. The largest absolute Gasteiger partial charge is 0.497 e. The van der Waals surface area contributed by atoms with Gasteiger partial charge in [0, 0.05) is 11.4 Å². The van der Waals surface area contributed by atoms with Crippen LogP contribution in [0.3, 0.4) is 0 Å². The lowest BCUT2D eigenvalue weighted by molar-refractivity contribution is 0.0766. The highest BCUT2D eigenvalue weighted by molar-refractivity contribution is 7.10. The molecule has 2 heterocycles. The van der Waals surface area contributed by atoms with Crippen LogP contribution in [0, 0.1) is 6.92 Å². The molecule has 0 fully saturated rings. The van der Waals surface area contributed by atoms with Gasteiger partial charge in [0.2, 0.25) is 0 Å². The standard InChI is InChI=1S/C15H15NO2S/c1-10-9-19-13-8-16(15(17)14(10)13)7-11-3-5-12(18-2)6-4-11/h3-6,9H,7-8H2,1-2H3. The summed E-state index contributed by atoms with van der Waals surface area (Å²) in [5.74, 6) is 0.996. The normalized spacial score (nSPS) is 13.8. The summed E-state index contributed by atoms with van der Waals surface area (Å²) in [6, 6.07) is 7.87. The molecule has 0 N–H and O–H groups in total. The molecule has 0 unspecified atom stereocenters. The molecule has 0 saturated heterocycles. The Kier molecular flexibility index (Phi) is 3.03. The third-order valence-corrected chi connectivity index (χ3v) is 4.51. The number of fused-ring (bicyclic) bond motifs is 1. The number of hydrogen-bond donors (Lipinski definition) is 0. The van der Waals surface area contributed by atoms with Crippen LogP contribution in [-0.2, 0) is 13.1 Å². The summed E-state index contributed by atoms with van der Waals surface area (Å²) in [7, 11) is 1.65. The Morgan fingerprint density at radius 2 is 2.05 bits per heavy atom. The molecule has 2 aromatic rings. The first-order chi connectivity index (χ1) is 9.19. The van der Waals surface area contributed by atoms with Crippen LogP contribution in [-0.4, -0.2) is 17.9 Å². The maximum Gasteiger partial charge on any atom is 0.255 e. The highest BCUT2D eigenvalue weighted by atomic mass is 32.1. The Hall–Kier alpha value is -1.81. The molecule has 0 saturated carbocycles. The number of benzene rings is 1. The van der Waals surface area contributed by atoms with Gasteiger partial charge in [-0.2, -0.15) is 0 Å². The van der Waals surface area contributed by atoms with E-state index in [-0.39, 0.29) is 5.91 Å². The Balaban J connectivity index is 1.77. The van der Waals surface area contributed by atoms with Crippen LogP contribution in [0.25, 0.3) is 0 Å². The molecule has 1 aliphatic heterocycles. The topological polar surface area (TPSA) is 29.5 Å². The van der Waals surface area contributed by atoms with Crippen molar-refractivity contribution in [1.29, 1.82) is 0 Å². The average molecular weight is 273 g/mol. The van der Waals surface area contributed by atoms with Gasteiger partial charge in [-0.1, -0.05) is 12.1 Å². The Bertz CT molecular complexity index is 616. The van der Waals surface area contributed by atoms with E-state index in [4.69, 9.17) is 4.74 Å². The number of amides is 1. The highest BCUT2D eigenvalue weighted by Gasteiger charge is 2.30. The maximum absolute atomic E-state index is 12.3. The van der Waals surface area contributed by atoms with E-state index in [1.54, 1.807) is 18.4 Å². The van der Waals surface area contributed by atoms with Gasteiger partial charge in [-0.05, 0) is 35.6 Å². The van der Waals surface area contributed by atoms with Crippen LogP contribution in [0.4, 0.5) is 0 Å². The van der Waals surface area contributed by atoms with Gasteiger partial charge in [-0.15, -0.1) is 11.3 Å². The van der Waals surface area contributed by atoms with Crippen molar-refractivity contribution in [3.8, 4) is 5.75 Å². The van der Waals surface area contributed by atoms with Crippen LogP contribution in [0.15, 0.2) is 29.6 Å². The number of ether oxygens (including phenoxy) is 1. The van der Waals surface area contributed by atoms with Crippen LogP contribution in [0.2, 0.25) is 0 Å². The molecule has 1 amide bonds. The van der Waals surface area contributed by atoms with E-state index in [0.717, 1.165) is 29.0 Å².